The molecular formula is C12H17N3O4S. The molecule has 1 aromatic rings. The standard InChI is InChI=1S/C12H17N3O4S/c1-7-9(11(18)15-12(19)13-7)3-4-10(17)14-8(5-16)6-20-2/h3-4,8,16H,5-6H2,1-2H3,(H,14,17)(H2,13,15,18,19)/b4-3-/t8-/m1/s1. The summed E-state index contributed by atoms with van der Waals surface area (Å²) in [6, 6.07) is -0.336. The molecule has 1 rings (SSSR count). The number of carbonyl (C=O) groups is 1. The van der Waals surface area contributed by atoms with Gasteiger partial charge in [0.2, 0.25) is 5.91 Å². The van der Waals surface area contributed by atoms with Gasteiger partial charge < -0.3 is 15.4 Å². The highest BCUT2D eigenvalue weighted by atomic mass is 32.2. The Kier molecular flexibility index (Phi) is 6.26. The molecule has 0 aliphatic heterocycles. The number of thioether (sulfide) groups is 1. The fourth-order valence-corrected chi connectivity index (χ4v) is 2.15. The van der Waals surface area contributed by atoms with Crippen molar-refractivity contribution in [2.75, 3.05) is 18.6 Å². The minimum atomic E-state index is -0.589. The molecule has 0 aliphatic carbocycles. The van der Waals surface area contributed by atoms with Crippen molar-refractivity contribution in [3.05, 3.63) is 38.2 Å². The molecule has 0 unspecified atom stereocenters. The van der Waals surface area contributed by atoms with Crippen LogP contribution in [0.5, 0.6) is 0 Å². The van der Waals surface area contributed by atoms with Crippen molar-refractivity contribution in [3.63, 3.8) is 0 Å². The number of aryl methyl sites for hydroxylation is 1. The first-order valence-electron chi connectivity index (χ1n) is 5.89. The summed E-state index contributed by atoms with van der Waals surface area (Å²) in [6.07, 6.45) is 4.39. The number of aromatic amines is 2. The lowest BCUT2D eigenvalue weighted by atomic mass is 10.2. The second kappa shape index (κ2) is 7.71. The maximum Gasteiger partial charge on any atom is 0.325 e. The number of aliphatic hydroxyl groups is 1. The molecule has 0 aliphatic rings. The number of hydrogen-bond acceptors (Lipinski definition) is 5. The van der Waals surface area contributed by atoms with Crippen molar-refractivity contribution in [1.82, 2.24) is 15.3 Å². The second-order valence-electron chi connectivity index (χ2n) is 4.12. The number of aromatic nitrogens is 2. The van der Waals surface area contributed by atoms with Crippen LogP contribution in [-0.4, -0.2) is 45.6 Å². The monoisotopic (exact) mass is 299 g/mol. The molecule has 0 radical (unpaired) electrons. The zero-order valence-corrected chi connectivity index (χ0v) is 12.0. The fourth-order valence-electron chi connectivity index (χ4n) is 1.56. The second-order valence-corrected chi connectivity index (χ2v) is 5.03. The molecule has 110 valence electrons. The third kappa shape index (κ3) is 4.71. The van der Waals surface area contributed by atoms with Crippen LogP contribution in [0, 0.1) is 6.92 Å². The smallest absolute Gasteiger partial charge is 0.325 e. The Bertz CT molecular complexity index is 605. The third-order valence-corrected chi connectivity index (χ3v) is 3.25. The normalized spacial score (nSPS) is 12.6. The molecule has 4 N–H and O–H groups in total. The number of carbonyl (C=O) groups excluding carboxylic acids is 1. The summed E-state index contributed by atoms with van der Waals surface area (Å²) >= 11 is 1.50. The maximum absolute atomic E-state index is 11.6. The zero-order valence-electron chi connectivity index (χ0n) is 11.2. The molecule has 1 aromatic heterocycles. The molecular weight excluding hydrogens is 282 g/mol. The van der Waals surface area contributed by atoms with Gasteiger partial charge in [0.05, 0.1) is 18.2 Å². The highest BCUT2D eigenvalue weighted by molar-refractivity contribution is 7.98. The highest BCUT2D eigenvalue weighted by Gasteiger charge is 2.09. The van der Waals surface area contributed by atoms with Crippen molar-refractivity contribution in [3.8, 4) is 0 Å². The van der Waals surface area contributed by atoms with E-state index in [2.05, 4.69) is 15.3 Å². The number of amides is 1. The number of rotatable bonds is 6. The van der Waals surface area contributed by atoms with Crippen LogP contribution in [-0.2, 0) is 4.79 Å². The zero-order chi connectivity index (χ0) is 15.1. The van der Waals surface area contributed by atoms with Crippen LogP contribution in [0.3, 0.4) is 0 Å². The van der Waals surface area contributed by atoms with Crippen LogP contribution in [0.15, 0.2) is 15.7 Å². The Morgan fingerprint density at radius 2 is 2.15 bits per heavy atom. The van der Waals surface area contributed by atoms with Gasteiger partial charge in [-0.2, -0.15) is 11.8 Å². The summed E-state index contributed by atoms with van der Waals surface area (Å²) in [5.74, 6) is 0.178. The van der Waals surface area contributed by atoms with Crippen LogP contribution in [0.4, 0.5) is 0 Å². The van der Waals surface area contributed by atoms with Gasteiger partial charge in [0.25, 0.3) is 5.56 Å². The van der Waals surface area contributed by atoms with Gasteiger partial charge in [-0.15, -0.1) is 0 Å². The Labute approximate surface area is 119 Å². The van der Waals surface area contributed by atoms with Crippen LogP contribution >= 0.6 is 11.8 Å². The van der Waals surface area contributed by atoms with Gasteiger partial charge in [-0.05, 0) is 19.3 Å². The van der Waals surface area contributed by atoms with Gasteiger partial charge in [-0.25, -0.2) is 4.79 Å². The summed E-state index contributed by atoms with van der Waals surface area (Å²) in [5.41, 5.74) is -0.552. The van der Waals surface area contributed by atoms with Crippen molar-refractivity contribution in [2.24, 2.45) is 0 Å². The van der Waals surface area contributed by atoms with Crippen LogP contribution in [0.2, 0.25) is 0 Å². The molecule has 1 heterocycles. The van der Waals surface area contributed by atoms with Crippen molar-refractivity contribution < 1.29 is 9.90 Å². The summed E-state index contributed by atoms with van der Waals surface area (Å²) in [7, 11) is 0. The Morgan fingerprint density at radius 3 is 2.70 bits per heavy atom. The molecule has 20 heavy (non-hydrogen) atoms. The van der Waals surface area contributed by atoms with Crippen molar-refractivity contribution in [2.45, 2.75) is 13.0 Å². The molecule has 8 heteroatoms. The summed E-state index contributed by atoms with van der Waals surface area (Å²) in [4.78, 5) is 38.7. The van der Waals surface area contributed by atoms with E-state index >= 15 is 0 Å². The van der Waals surface area contributed by atoms with Gasteiger partial charge in [0.1, 0.15) is 0 Å². The van der Waals surface area contributed by atoms with Gasteiger partial charge in [0, 0.05) is 17.5 Å². The minimum Gasteiger partial charge on any atom is -0.394 e. The van der Waals surface area contributed by atoms with Gasteiger partial charge in [-0.1, -0.05) is 0 Å². The van der Waals surface area contributed by atoms with Crippen LogP contribution in [0.1, 0.15) is 11.3 Å². The number of H-pyrrole nitrogens is 2. The fraction of sp³-hybridized carbons (Fsp3) is 0.417. The summed E-state index contributed by atoms with van der Waals surface area (Å²) in [5, 5.41) is 11.7. The van der Waals surface area contributed by atoms with Crippen molar-refractivity contribution in [1.29, 1.82) is 0 Å². The Balaban J connectivity index is 2.80. The average molecular weight is 299 g/mol. The van der Waals surface area contributed by atoms with E-state index in [9.17, 15) is 14.4 Å². The molecule has 0 fully saturated rings. The van der Waals surface area contributed by atoms with E-state index in [4.69, 9.17) is 5.11 Å². The average Bonchev–Trinajstić information content (AvgIpc) is 2.36. The molecule has 0 spiro atoms. The van der Waals surface area contributed by atoms with E-state index in [1.165, 1.54) is 23.9 Å². The molecule has 1 atom stereocenters. The molecule has 1 amide bonds. The highest BCUT2D eigenvalue weighted by Crippen LogP contribution is 1.99. The molecule has 0 aromatic carbocycles. The first-order valence-corrected chi connectivity index (χ1v) is 7.29. The number of aliphatic hydroxyl groups excluding tert-OH is 1. The van der Waals surface area contributed by atoms with Gasteiger partial charge in [0.15, 0.2) is 0 Å². The summed E-state index contributed by atoms with van der Waals surface area (Å²) < 4.78 is 0. The van der Waals surface area contributed by atoms with Crippen molar-refractivity contribution >= 4 is 23.7 Å². The predicted octanol–water partition coefficient (Wildman–Crippen LogP) is -0.775. The van der Waals surface area contributed by atoms with Crippen LogP contribution < -0.4 is 16.6 Å². The van der Waals surface area contributed by atoms with E-state index in [-0.39, 0.29) is 18.2 Å². The minimum absolute atomic E-state index is 0.154. The quantitative estimate of drug-likeness (QED) is 0.515. The van der Waals surface area contributed by atoms with E-state index < -0.39 is 17.2 Å². The lowest BCUT2D eigenvalue weighted by Gasteiger charge is -2.13. The predicted molar refractivity (Wildman–Crippen MR) is 78.9 cm³/mol. The number of hydrogen-bond donors (Lipinski definition) is 4. The number of nitrogens with one attached hydrogen (secondary N) is 3. The van der Waals surface area contributed by atoms with Gasteiger partial charge in [-0.3, -0.25) is 14.6 Å². The van der Waals surface area contributed by atoms with Gasteiger partial charge >= 0.3 is 5.69 Å². The van der Waals surface area contributed by atoms with E-state index in [0.29, 0.717) is 11.4 Å². The molecule has 0 saturated carbocycles. The molecule has 0 saturated heterocycles. The Morgan fingerprint density at radius 1 is 1.45 bits per heavy atom. The summed E-state index contributed by atoms with van der Waals surface area (Å²) in [6.45, 7) is 1.41. The molecule has 7 nitrogen and oxygen atoms in total. The largest absolute Gasteiger partial charge is 0.394 e. The Hall–Kier alpha value is -1.80. The maximum atomic E-state index is 11.6. The van der Waals surface area contributed by atoms with E-state index in [1.807, 2.05) is 6.26 Å². The van der Waals surface area contributed by atoms with E-state index in [1.54, 1.807) is 6.92 Å². The first kappa shape index (κ1) is 16.3. The van der Waals surface area contributed by atoms with Crippen LogP contribution in [0.25, 0.3) is 6.08 Å². The SMILES string of the molecule is CSC[C@@H](CO)NC(=O)/C=C\c1c(C)[nH]c(=O)[nH]c1=O. The lowest BCUT2D eigenvalue weighted by Crippen LogP contribution is -2.38. The molecule has 0 bridgehead atoms. The van der Waals surface area contributed by atoms with E-state index in [0.717, 1.165) is 0 Å². The lowest BCUT2D eigenvalue weighted by molar-refractivity contribution is -0.117. The first-order chi connectivity index (χ1) is 9.47. The topological polar surface area (TPSA) is 115 Å². The third-order valence-electron chi connectivity index (χ3n) is 2.51.